The Hall–Kier alpha value is -2.66. The van der Waals surface area contributed by atoms with Crippen molar-refractivity contribution in [2.24, 2.45) is 10.2 Å². The number of allylic oxidation sites excluding steroid dienone is 1. The number of benzene rings is 2. The topological polar surface area (TPSA) is 53.8 Å². The molecule has 4 nitrogen and oxygen atoms in total. The lowest BCUT2D eigenvalue weighted by Gasteiger charge is -2.04. The number of carbonyl (C=O) groups is 1. The van der Waals surface area contributed by atoms with Crippen molar-refractivity contribution in [1.82, 2.24) is 5.32 Å². The molecule has 1 atom stereocenters. The Labute approximate surface area is 145 Å². The van der Waals surface area contributed by atoms with Gasteiger partial charge in [-0.2, -0.15) is 5.10 Å². The standard InChI is InChI=1S/C19H17N3OS/c23-18-17(14-16-10-5-2-6-11-16)24-19(21-18)22-20-13-7-12-15-8-3-1-4-9-15/h1-13,17H,14H2,(H,21,22,23)/b12-7+,20-13+. The maximum atomic E-state index is 12.0. The van der Waals surface area contributed by atoms with Gasteiger partial charge < -0.3 is 5.32 Å². The number of nitrogens with zero attached hydrogens (tertiary/aromatic N) is 2. The van der Waals surface area contributed by atoms with Gasteiger partial charge in [0.05, 0.1) is 5.25 Å². The summed E-state index contributed by atoms with van der Waals surface area (Å²) < 4.78 is 0. The van der Waals surface area contributed by atoms with Gasteiger partial charge in [-0.15, -0.1) is 5.10 Å². The van der Waals surface area contributed by atoms with Crippen LogP contribution in [0.3, 0.4) is 0 Å². The quantitative estimate of drug-likeness (QED) is 0.671. The second-order valence-corrected chi connectivity index (χ2v) is 6.42. The van der Waals surface area contributed by atoms with Crippen LogP contribution in [-0.2, 0) is 11.2 Å². The lowest BCUT2D eigenvalue weighted by Crippen LogP contribution is -2.25. The minimum atomic E-state index is -0.152. The van der Waals surface area contributed by atoms with E-state index < -0.39 is 0 Å². The third-order valence-corrected chi connectivity index (χ3v) is 4.50. The summed E-state index contributed by atoms with van der Waals surface area (Å²) >= 11 is 1.42. The van der Waals surface area contributed by atoms with Gasteiger partial charge in [0, 0.05) is 6.21 Å². The number of hydrogen-bond donors (Lipinski definition) is 1. The second-order valence-electron chi connectivity index (χ2n) is 5.22. The average molecular weight is 335 g/mol. The number of hydrogen-bond acceptors (Lipinski definition) is 4. The van der Waals surface area contributed by atoms with Gasteiger partial charge in [-0.1, -0.05) is 78.5 Å². The predicted molar refractivity (Wildman–Crippen MR) is 101 cm³/mol. The van der Waals surface area contributed by atoms with Crippen molar-refractivity contribution in [3.8, 4) is 0 Å². The zero-order valence-electron chi connectivity index (χ0n) is 13.0. The van der Waals surface area contributed by atoms with Crippen LogP contribution in [0.25, 0.3) is 6.08 Å². The molecule has 2 aromatic carbocycles. The first-order chi connectivity index (χ1) is 11.8. The van der Waals surface area contributed by atoms with Crippen molar-refractivity contribution in [2.75, 3.05) is 0 Å². The summed E-state index contributed by atoms with van der Waals surface area (Å²) in [5.41, 5.74) is 2.24. The minimum Gasteiger partial charge on any atom is -0.303 e. The van der Waals surface area contributed by atoms with E-state index >= 15 is 0 Å². The van der Waals surface area contributed by atoms with Gasteiger partial charge in [0.1, 0.15) is 0 Å². The van der Waals surface area contributed by atoms with E-state index in [1.807, 2.05) is 72.8 Å². The number of nitrogens with one attached hydrogen (secondary N) is 1. The molecule has 1 aliphatic heterocycles. The van der Waals surface area contributed by atoms with E-state index in [1.54, 1.807) is 6.21 Å². The van der Waals surface area contributed by atoms with Crippen molar-refractivity contribution >= 4 is 35.1 Å². The Kier molecular flexibility index (Phi) is 5.58. The molecule has 1 fully saturated rings. The van der Waals surface area contributed by atoms with Crippen molar-refractivity contribution in [2.45, 2.75) is 11.7 Å². The summed E-state index contributed by atoms with van der Waals surface area (Å²) in [4.78, 5) is 12.0. The Balaban J connectivity index is 1.54. The lowest BCUT2D eigenvalue weighted by molar-refractivity contribution is -0.118. The van der Waals surface area contributed by atoms with Gasteiger partial charge in [0.25, 0.3) is 0 Å². The van der Waals surface area contributed by atoms with E-state index in [0.717, 1.165) is 11.1 Å². The predicted octanol–water partition coefficient (Wildman–Crippen LogP) is 3.52. The fourth-order valence-electron chi connectivity index (χ4n) is 2.26. The van der Waals surface area contributed by atoms with Gasteiger partial charge in [0.2, 0.25) is 5.91 Å². The molecule has 24 heavy (non-hydrogen) atoms. The van der Waals surface area contributed by atoms with Gasteiger partial charge >= 0.3 is 0 Å². The molecule has 3 rings (SSSR count). The molecule has 0 saturated carbocycles. The molecule has 1 aliphatic rings. The number of carbonyl (C=O) groups excluding carboxylic acids is 1. The zero-order valence-corrected chi connectivity index (χ0v) is 13.8. The molecule has 0 radical (unpaired) electrons. The Bertz CT molecular complexity index is 770. The fraction of sp³-hybridized carbons (Fsp3) is 0.105. The number of amides is 1. The highest BCUT2D eigenvalue weighted by Crippen LogP contribution is 2.23. The first-order valence-corrected chi connectivity index (χ1v) is 8.53. The van der Waals surface area contributed by atoms with Crippen molar-refractivity contribution < 1.29 is 4.79 Å². The van der Waals surface area contributed by atoms with Crippen LogP contribution in [0.4, 0.5) is 0 Å². The largest absolute Gasteiger partial charge is 0.303 e. The molecule has 0 spiro atoms. The van der Waals surface area contributed by atoms with E-state index in [1.165, 1.54) is 11.8 Å². The molecule has 1 amide bonds. The summed E-state index contributed by atoms with van der Waals surface area (Å²) in [5, 5.41) is 11.2. The van der Waals surface area contributed by atoms with Crippen molar-refractivity contribution in [3.05, 3.63) is 77.9 Å². The first kappa shape index (κ1) is 16.2. The normalized spacial score (nSPS) is 19.4. The molecular weight excluding hydrogens is 318 g/mol. The average Bonchev–Trinajstić information content (AvgIpc) is 2.96. The van der Waals surface area contributed by atoms with E-state index in [4.69, 9.17) is 0 Å². The van der Waals surface area contributed by atoms with Crippen LogP contribution in [0.15, 0.2) is 76.9 Å². The monoisotopic (exact) mass is 335 g/mol. The van der Waals surface area contributed by atoms with Crippen LogP contribution in [0.5, 0.6) is 0 Å². The van der Waals surface area contributed by atoms with Crippen LogP contribution >= 0.6 is 11.8 Å². The van der Waals surface area contributed by atoms with Crippen LogP contribution in [0.2, 0.25) is 0 Å². The molecular formula is C19H17N3OS. The first-order valence-electron chi connectivity index (χ1n) is 7.65. The van der Waals surface area contributed by atoms with Gasteiger partial charge in [-0.3, -0.25) is 4.79 Å². The summed E-state index contributed by atoms with van der Waals surface area (Å²) in [6.07, 6.45) is 6.07. The Morgan fingerprint density at radius 3 is 2.50 bits per heavy atom. The molecule has 0 aromatic heterocycles. The van der Waals surface area contributed by atoms with Crippen molar-refractivity contribution in [1.29, 1.82) is 0 Å². The Morgan fingerprint density at radius 1 is 1.04 bits per heavy atom. The lowest BCUT2D eigenvalue weighted by atomic mass is 10.1. The molecule has 1 heterocycles. The van der Waals surface area contributed by atoms with Gasteiger partial charge in [-0.05, 0) is 23.6 Å². The second kappa shape index (κ2) is 8.26. The molecule has 1 unspecified atom stereocenters. The highest BCUT2D eigenvalue weighted by molar-refractivity contribution is 8.15. The van der Waals surface area contributed by atoms with Crippen molar-refractivity contribution in [3.63, 3.8) is 0 Å². The zero-order chi connectivity index (χ0) is 16.6. The van der Waals surface area contributed by atoms with E-state index in [0.29, 0.717) is 11.6 Å². The van der Waals surface area contributed by atoms with Gasteiger partial charge in [-0.25, -0.2) is 0 Å². The SMILES string of the molecule is O=C1N/C(=N/N=C/C=C/c2ccccc2)SC1Cc1ccccc1. The van der Waals surface area contributed by atoms with Crippen LogP contribution in [-0.4, -0.2) is 22.5 Å². The Morgan fingerprint density at radius 2 is 1.75 bits per heavy atom. The third-order valence-electron chi connectivity index (χ3n) is 3.43. The van der Waals surface area contributed by atoms with Crippen LogP contribution in [0, 0.1) is 0 Å². The summed E-state index contributed by atoms with van der Waals surface area (Å²) in [6.45, 7) is 0. The summed E-state index contributed by atoms with van der Waals surface area (Å²) in [6, 6.07) is 19.9. The fourth-order valence-corrected chi connectivity index (χ4v) is 3.22. The summed E-state index contributed by atoms with van der Waals surface area (Å²) in [7, 11) is 0. The van der Waals surface area contributed by atoms with Gasteiger partial charge in [0.15, 0.2) is 5.17 Å². The van der Waals surface area contributed by atoms with E-state index in [2.05, 4.69) is 15.5 Å². The number of thioether (sulfide) groups is 1. The van der Waals surface area contributed by atoms with E-state index in [-0.39, 0.29) is 11.2 Å². The summed E-state index contributed by atoms with van der Waals surface area (Å²) in [5.74, 6) is -0.0161. The molecule has 1 saturated heterocycles. The molecule has 120 valence electrons. The molecule has 1 N–H and O–H groups in total. The molecule has 2 aromatic rings. The number of rotatable bonds is 5. The molecule has 5 heteroatoms. The highest BCUT2D eigenvalue weighted by Gasteiger charge is 2.30. The van der Waals surface area contributed by atoms with Crippen LogP contribution in [0.1, 0.15) is 11.1 Å². The third kappa shape index (κ3) is 4.67. The maximum Gasteiger partial charge on any atom is 0.239 e. The highest BCUT2D eigenvalue weighted by atomic mass is 32.2. The number of amidine groups is 1. The smallest absolute Gasteiger partial charge is 0.239 e. The van der Waals surface area contributed by atoms with E-state index in [9.17, 15) is 4.79 Å². The maximum absolute atomic E-state index is 12.0. The van der Waals surface area contributed by atoms with Crippen LogP contribution < -0.4 is 5.32 Å². The molecule has 0 bridgehead atoms. The minimum absolute atomic E-state index is 0.0161. The molecule has 0 aliphatic carbocycles.